The van der Waals surface area contributed by atoms with Gasteiger partial charge in [-0.25, -0.2) is 34.9 Å². The van der Waals surface area contributed by atoms with E-state index in [4.69, 9.17) is 29.8 Å². The number of methoxy groups -OCH3 is 1. The van der Waals surface area contributed by atoms with Gasteiger partial charge in [-0.2, -0.15) is 0 Å². The highest BCUT2D eigenvalue weighted by Crippen LogP contribution is 2.40. The average molecular weight is 1270 g/mol. The zero-order valence-electron chi connectivity index (χ0n) is 45.7. The van der Waals surface area contributed by atoms with Crippen LogP contribution in [0.5, 0.6) is 0 Å². The van der Waals surface area contributed by atoms with Crippen LogP contribution in [0.3, 0.4) is 0 Å². The molecule has 0 aliphatic carbocycles. The molecule has 1 aromatic carbocycles. The summed E-state index contributed by atoms with van der Waals surface area (Å²) in [6.45, 7) is 4.88. The Balaban J connectivity index is 1.10. The molecule has 9 N–H and O–H groups in total. The Bertz CT molecular complexity index is 3820. The molecule has 442 valence electrons. The molecule has 31 heteroatoms. The van der Waals surface area contributed by atoms with E-state index in [0.717, 1.165) is 56.7 Å². The molecule has 6 amide bonds. The molecule has 0 radical (unpaired) electrons. The molecule has 1 aliphatic rings. The Morgan fingerprint density at radius 1 is 0.694 bits per heavy atom. The van der Waals surface area contributed by atoms with Crippen molar-refractivity contribution in [1.29, 1.82) is 0 Å². The summed E-state index contributed by atoms with van der Waals surface area (Å²) in [7, 11) is 2.91. The molecule has 1 unspecified atom stereocenters. The molecule has 85 heavy (non-hydrogen) atoms. The maximum atomic E-state index is 14.3. The van der Waals surface area contributed by atoms with Crippen molar-refractivity contribution >= 4 is 121 Å². The number of thiazole rings is 6. The first-order valence-corrected chi connectivity index (χ1v) is 31.1. The van der Waals surface area contributed by atoms with E-state index in [1.807, 2.05) is 13.8 Å². The second-order valence-electron chi connectivity index (χ2n) is 19.4. The largest absolute Gasteiger partial charge is 0.481 e. The summed E-state index contributed by atoms with van der Waals surface area (Å²) in [5.41, 5.74) is 2.33. The van der Waals surface area contributed by atoms with Crippen LogP contribution in [0.15, 0.2) is 64.0 Å². The Labute approximate surface area is 507 Å². The highest BCUT2D eigenvalue weighted by Gasteiger charge is 2.33. The molecule has 7 aromatic heterocycles. The molecule has 8 aromatic rings. The summed E-state index contributed by atoms with van der Waals surface area (Å²) >= 11 is 6.94. The number of aliphatic hydroxyl groups is 1. The fraction of sp³-hybridized carbons (Fsp3) is 0.315. The van der Waals surface area contributed by atoms with E-state index in [0.29, 0.717) is 68.7 Å². The number of nitrogens with zero attached hydrogens (tertiary/aromatic N) is 7. The average Bonchev–Trinajstić information content (AvgIpc) is 3.50. The first-order chi connectivity index (χ1) is 40.8. The lowest BCUT2D eigenvalue weighted by molar-refractivity contribution is -0.148. The van der Waals surface area contributed by atoms with Crippen LogP contribution in [0, 0.1) is 18.8 Å². The van der Waals surface area contributed by atoms with Gasteiger partial charge in [-0.05, 0) is 37.0 Å². The van der Waals surface area contributed by atoms with E-state index in [2.05, 4.69) is 46.9 Å². The summed E-state index contributed by atoms with van der Waals surface area (Å²) in [6.07, 6.45) is -2.68. The number of aliphatic hydroxyl groups excluding tert-OH is 1. The van der Waals surface area contributed by atoms with Gasteiger partial charge >= 0.3 is 11.9 Å². The highest BCUT2D eigenvalue weighted by atomic mass is 32.1. The van der Waals surface area contributed by atoms with Crippen molar-refractivity contribution < 1.29 is 58.4 Å². The zero-order chi connectivity index (χ0) is 60.6. The van der Waals surface area contributed by atoms with Crippen molar-refractivity contribution in [2.75, 3.05) is 26.0 Å². The van der Waals surface area contributed by atoms with E-state index in [1.165, 1.54) is 25.5 Å². The van der Waals surface area contributed by atoms with Crippen molar-refractivity contribution in [3.63, 3.8) is 0 Å². The van der Waals surface area contributed by atoms with Crippen LogP contribution < -0.4 is 31.9 Å². The number of aryl methyl sites for hydroxylation is 1. The van der Waals surface area contributed by atoms with Crippen LogP contribution in [0.25, 0.3) is 43.4 Å². The van der Waals surface area contributed by atoms with Gasteiger partial charge in [0.1, 0.15) is 82.2 Å². The van der Waals surface area contributed by atoms with Gasteiger partial charge in [0.25, 0.3) is 17.7 Å². The van der Waals surface area contributed by atoms with Crippen LogP contribution in [-0.2, 0) is 35.3 Å². The summed E-state index contributed by atoms with van der Waals surface area (Å²) in [4.78, 5) is 140. The predicted octanol–water partition coefficient (Wildman–Crippen LogP) is 7.21. The first-order valence-electron chi connectivity index (χ1n) is 25.9. The molecule has 0 spiro atoms. The van der Waals surface area contributed by atoms with E-state index in [1.54, 1.807) is 70.9 Å². The number of nitrogens with one attached hydrogen (secondary N) is 6. The van der Waals surface area contributed by atoms with Gasteiger partial charge in [-0.1, -0.05) is 44.2 Å². The number of amides is 6. The van der Waals surface area contributed by atoms with Gasteiger partial charge in [0, 0.05) is 52.5 Å². The number of hydrogen-bond donors (Lipinski definition) is 9. The fourth-order valence-electron chi connectivity index (χ4n) is 8.68. The van der Waals surface area contributed by atoms with Gasteiger partial charge in [-0.3, -0.25) is 38.4 Å². The molecule has 8 heterocycles. The Kier molecular flexibility index (Phi) is 19.7. The lowest BCUT2D eigenvalue weighted by Gasteiger charge is -2.23. The summed E-state index contributed by atoms with van der Waals surface area (Å²) < 4.78 is 5.44. The molecule has 5 atom stereocenters. The lowest BCUT2D eigenvalue weighted by Crippen LogP contribution is -2.40. The molecule has 25 nitrogen and oxygen atoms in total. The molecule has 1 aliphatic heterocycles. The van der Waals surface area contributed by atoms with E-state index < -0.39 is 90.5 Å². The predicted molar refractivity (Wildman–Crippen MR) is 318 cm³/mol. The summed E-state index contributed by atoms with van der Waals surface area (Å²) in [5.74, 6) is -7.59. The van der Waals surface area contributed by atoms with Crippen molar-refractivity contribution in [3.8, 4) is 43.4 Å². The lowest BCUT2D eigenvalue weighted by atomic mass is 9.99. The van der Waals surface area contributed by atoms with Crippen molar-refractivity contribution in [3.05, 3.63) is 111 Å². The summed E-state index contributed by atoms with van der Waals surface area (Å²) in [5, 5.41) is 55.8. The zero-order valence-corrected chi connectivity index (χ0v) is 50.6. The van der Waals surface area contributed by atoms with Gasteiger partial charge in [0.05, 0.1) is 54.6 Å². The SMILES string of the molecule is CNC(=O)C[C@@H]1NC(=O)c2csc(n2)-c2ccc(-c3nc(NC(=O)CC[C@@H](CC(=O)O)C(=O)O)cs3)nc2-c2csc(n2)-c2csc(n2)[C@H](C(O)c2ccccc2)NC(=O)CNC(=O)c2nc(sc2COC)[C@H](C(C)C)NC(=O)c2nc1sc2C. The first kappa shape index (κ1) is 61.4. The number of benzene rings is 1. The van der Waals surface area contributed by atoms with Gasteiger partial charge < -0.3 is 52.0 Å². The number of ether oxygens (including phenoxy) is 1. The van der Waals surface area contributed by atoms with Gasteiger partial charge in [0.15, 0.2) is 0 Å². The number of carboxylic acid groups (broad SMARTS) is 2. The molecular formula is C54H53N13O12S6. The van der Waals surface area contributed by atoms with Crippen LogP contribution in [0.2, 0.25) is 0 Å². The molecule has 10 bridgehead atoms. The number of anilines is 1. The fourth-order valence-corrected chi connectivity index (χ4v) is 14.2. The number of pyridine rings is 1. The maximum Gasteiger partial charge on any atom is 0.307 e. The standard InChI is InChI=1S/C54H53N13O12S6/c1-23(2)39-53-67-42(33(85-53)18-79-5)46(75)56-17-37(70)64-43(44(73)25-9-7-6-8-10-25)52-61-32(21-82-52)50-59-30(19-81-50)41-27(12-13-28(57-41)49-63-34(22-83-49)62-35(68)14-11-26(54(77)78)15-38(71)72)48-60-31(20-80-48)45(74)58-29(16-36(69)55-4)51-66-40(24(3)84-51)47(76)65-39/h6-10,12-13,19-23,26,29,39,43-44,73H,11,14-18H2,1-5H3,(H,55,69)(H,56,75)(H,58,74)(H,62,68)(H,64,70)(H,65,76)(H,71,72)(H,77,78)/t26-,29-,39-,43-,44?/m0/s1. The second kappa shape index (κ2) is 27.2. The van der Waals surface area contributed by atoms with Crippen molar-refractivity contribution in [2.45, 2.75) is 77.3 Å². The number of rotatable bonds is 15. The molecule has 0 saturated carbocycles. The maximum absolute atomic E-state index is 14.3. The van der Waals surface area contributed by atoms with Crippen LogP contribution in [0.1, 0.15) is 126 Å². The van der Waals surface area contributed by atoms with Crippen LogP contribution >= 0.6 is 68.0 Å². The minimum absolute atomic E-state index is 0.0116. The molecule has 0 saturated heterocycles. The van der Waals surface area contributed by atoms with Crippen LogP contribution in [0.4, 0.5) is 5.82 Å². The Hall–Kier alpha value is -8.17. The van der Waals surface area contributed by atoms with Gasteiger partial charge in [-0.15, -0.1) is 68.0 Å². The number of hydrogen-bond acceptors (Lipinski definition) is 23. The van der Waals surface area contributed by atoms with E-state index >= 15 is 0 Å². The highest BCUT2D eigenvalue weighted by molar-refractivity contribution is 7.15. The second-order valence-corrected chi connectivity index (χ2v) is 25.2. The van der Waals surface area contributed by atoms with Crippen molar-refractivity contribution in [2.24, 2.45) is 11.8 Å². The smallest absolute Gasteiger partial charge is 0.307 e. The Morgan fingerprint density at radius 2 is 1.40 bits per heavy atom. The number of carbonyl (C=O) groups is 8. The van der Waals surface area contributed by atoms with E-state index in [9.17, 15) is 48.6 Å². The van der Waals surface area contributed by atoms with Gasteiger partial charge in [0.2, 0.25) is 17.7 Å². The third-order valence-electron chi connectivity index (χ3n) is 13.0. The molecule has 9 rings (SSSR count). The topological polar surface area (TPSA) is 369 Å². The number of aliphatic carboxylic acids is 2. The van der Waals surface area contributed by atoms with E-state index in [-0.39, 0.29) is 59.7 Å². The molecule has 0 fully saturated rings. The molecular weight excluding hydrogens is 1220 g/mol. The third-order valence-corrected chi connectivity index (χ3v) is 18.7. The minimum Gasteiger partial charge on any atom is -0.481 e. The van der Waals surface area contributed by atoms with Crippen molar-refractivity contribution in [1.82, 2.24) is 61.5 Å². The number of carbonyl (C=O) groups excluding carboxylic acids is 6. The summed E-state index contributed by atoms with van der Waals surface area (Å²) in [6, 6.07) is 9.20. The number of fused-ring (bicyclic) bond motifs is 14. The number of carboxylic acids is 2. The Morgan fingerprint density at radius 3 is 2.13 bits per heavy atom. The quantitative estimate of drug-likeness (QED) is 0.0489. The van der Waals surface area contributed by atoms with Crippen LogP contribution in [-0.4, -0.2) is 118 Å². The monoisotopic (exact) mass is 1270 g/mol. The number of aromatic nitrogens is 7. The normalized spacial score (nSPS) is 16.5. The third kappa shape index (κ3) is 14.7. The minimum atomic E-state index is -1.33.